The highest BCUT2D eigenvalue weighted by Crippen LogP contribution is 2.13. The third-order valence-corrected chi connectivity index (χ3v) is 4.62. The van der Waals surface area contributed by atoms with Gasteiger partial charge in [0.15, 0.2) is 5.11 Å². The number of nitrogens with one attached hydrogen (secondary N) is 2. The zero-order valence-corrected chi connectivity index (χ0v) is 13.7. The van der Waals surface area contributed by atoms with Crippen LogP contribution in [0, 0.1) is 0 Å². The molecule has 4 N–H and O–H groups in total. The van der Waals surface area contributed by atoms with E-state index in [1.807, 2.05) is 17.5 Å². The van der Waals surface area contributed by atoms with E-state index in [2.05, 4.69) is 10.6 Å². The molecule has 9 heteroatoms. The van der Waals surface area contributed by atoms with E-state index < -0.39 is 10.0 Å². The molecule has 116 valence electrons. The van der Waals surface area contributed by atoms with Crippen LogP contribution < -0.4 is 15.8 Å². The quantitative estimate of drug-likeness (QED) is 0.721. The number of thiocarbonyl (C=S) groups is 1. The number of primary sulfonamides is 1. The third-order valence-electron chi connectivity index (χ3n) is 2.61. The lowest BCUT2D eigenvalue weighted by atomic mass is 10.3. The lowest BCUT2D eigenvalue weighted by Crippen LogP contribution is -2.35. The summed E-state index contributed by atoms with van der Waals surface area (Å²) in [6, 6.07) is 9.47. The maximum absolute atomic E-state index is 11.8. The van der Waals surface area contributed by atoms with Crippen molar-refractivity contribution in [3.05, 3.63) is 46.7 Å². The number of carbonyl (C=O) groups excluding carboxylic acids is 1. The van der Waals surface area contributed by atoms with Crippen LogP contribution in [0.4, 0.5) is 5.69 Å². The van der Waals surface area contributed by atoms with Crippen LogP contribution in [0.2, 0.25) is 0 Å². The molecule has 22 heavy (non-hydrogen) atoms. The lowest BCUT2D eigenvalue weighted by molar-refractivity contribution is -0.118. The standard InChI is InChI=1S/C13H13N3O3S3/c14-22(18,19)11-5-3-9(4-6-11)15-13(20)16-12(17)8-10-2-1-7-21-10/h1-7H,8H2,(H2,14,18,19)(H2,15,16,17,20). The second-order valence-corrected chi connectivity index (χ2v) is 7.33. The van der Waals surface area contributed by atoms with Gasteiger partial charge in [-0.25, -0.2) is 13.6 Å². The van der Waals surface area contributed by atoms with Crippen LogP contribution >= 0.6 is 23.6 Å². The van der Waals surface area contributed by atoms with Gasteiger partial charge in [-0.3, -0.25) is 4.79 Å². The molecule has 6 nitrogen and oxygen atoms in total. The van der Waals surface area contributed by atoms with Crippen molar-refractivity contribution >= 4 is 50.3 Å². The number of hydrogen-bond donors (Lipinski definition) is 3. The number of carbonyl (C=O) groups is 1. The van der Waals surface area contributed by atoms with E-state index >= 15 is 0 Å². The van der Waals surface area contributed by atoms with Gasteiger partial charge in [0.25, 0.3) is 0 Å². The summed E-state index contributed by atoms with van der Waals surface area (Å²) in [5.74, 6) is -0.221. The molecular formula is C13H13N3O3S3. The molecule has 1 amide bonds. The van der Waals surface area contributed by atoms with Crippen LogP contribution in [0.5, 0.6) is 0 Å². The van der Waals surface area contributed by atoms with Gasteiger partial charge in [-0.05, 0) is 47.9 Å². The SMILES string of the molecule is NS(=O)(=O)c1ccc(NC(=S)NC(=O)Cc2cccs2)cc1. The fraction of sp³-hybridized carbons (Fsp3) is 0.0769. The molecule has 0 spiro atoms. The summed E-state index contributed by atoms with van der Waals surface area (Å²) in [6.07, 6.45) is 0.254. The van der Waals surface area contributed by atoms with Crippen molar-refractivity contribution in [2.24, 2.45) is 5.14 Å². The predicted molar refractivity (Wildman–Crippen MR) is 90.2 cm³/mol. The molecular weight excluding hydrogens is 342 g/mol. The molecule has 2 aromatic rings. The number of amides is 1. The number of hydrogen-bond acceptors (Lipinski definition) is 5. The summed E-state index contributed by atoms with van der Waals surface area (Å²) >= 11 is 6.52. The molecule has 0 saturated heterocycles. The van der Waals surface area contributed by atoms with E-state index in [-0.39, 0.29) is 22.3 Å². The first-order chi connectivity index (χ1) is 10.3. The van der Waals surface area contributed by atoms with Crippen molar-refractivity contribution in [1.82, 2.24) is 5.32 Å². The topological polar surface area (TPSA) is 101 Å². The summed E-state index contributed by atoms with van der Waals surface area (Å²) in [6.45, 7) is 0. The molecule has 2 rings (SSSR count). The highest BCUT2D eigenvalue weighted by atomic mass is 32.2. The van der Waals surface area contributed by atoms with Crippen molar-refractivity contribution in [3.63, 3.8) is 0 Å². The Morgan fingerprint density at radius 3 is 2.45 bits per heavy atom. The normalized spacial score (nSPS) is 11.0. The minimum absolute atomic E-state index is 0.00528. The van der Waals surface area contributed by atoms with Crippen molar-refractivity contribution in [2.75, 3.05) is 5.32 Å². The van der Waals surface area contributed by atoms with Crippen molar-refractivity contribution < 1.29 is 13.2 Å². The van der Waals surface area contributed by atoms with Crippen LogP contribution in [-0.4, -0.2) is 19.4 Å². The number of rotatable bonds is 4. The first-order valence-corrected chi connectivity index (χ1v) is 8.94. The number of benzene rings is 1. The van der Waals surface area contributed by atoms with E-state index in [9.17, 15) is 13.2 Å². The Morgan fingerprint density at radius 1 is 1.23 bits per heavy atom. The highest BCUT2D eigenvalue weighted by Gasteiger charge is 2.09. The van der Waals surface area contributed by atoms with E-state index in [4.69, 9.17) is 17.4 Å². The van der Waals surface area contributed by atoms with Gasteiger partial charge in [0.2, 0.25) is 15.9 Å². The maximum Gasteiger partial charge on any atom is 0.238 e. The van der Waals surface area contributed by atoms with E-state index in [1.165, 1.54) is 35.6 Å². The summed E-state index contributed by atoms with van der Waals surface area (Å²) < 4.78 is 22.3. The summed E-state index contributed by atoms with van der Waals surface area (Å²) in [5, 5.41) is 12.4. The predicted octanol–water partition coefficient (Wildman–Crippen LogP) is 1.45. The fourth-order valence-corrected chi connectivity index (χ4v) is 3.08. The molecule has 0 aliphatic carbocycles. The molecule has 1 aromatic heterocycles. The van der Waals surface area contributed by atoms with Crippen LogP contribution in [0.3, 0.4) is 0 Å². The average molecular weight is 355 g/mol. The Balaban J connectivity index is 1.90. The number of nitrogens with two attached hydrogens (primary N) is 1. The van der Waals surface area contributed by atoms with Crippen LogP contribution in [0.25, 0.3) is 0 Å². The van der Waals surface area contributed by atoms with Gasteiger partial charge >= 0.3 is 0 Å². The van der Waals surface area contributed by atoms with Crippen molar-refractivity contribution in [1.29, 1.82) is 0 Å². The molecule has 0 unspecified atom stereocenters. The minimum atomic E-state index is -3.73. The molecule has 1 aromatic carbocycles. The average Bonchev–Trinajstić information content (AvgIpc) is 2.90. The zero-order chi connectivity index (χ0) is 16.2. The van der Waals surface area contributed by atoms with E-state index in [0.717, 1.165) is 4.88 Å². The van der Waals surface area contributed by atoms with Gasteiger partial charge in [-0.1, -0.05) is 6.07 Å². The van der Waals surface area contributed by atoms with Crippen LogP contribution in [0.1, 0.15) is 4.88 Å². The van der Waals surface area contributed by atoms with Gasteiger partial charge < -0.3 is 10.6 Å². The first-order valence-electron chi connectivity index (χ1n) is 6.11. The van der Waals surface area contributed by atoms with Crippen molar-refractivity contribution in [3.8, 4) is 0 Å². The largest absolute Gasteiger partial charge is 0.332 e. The van der Waals surface area contributed by atoms with E-state index in [0.29, 0.717) is 5.69 Å². The molecule has 0 aliphatic heterocycles. The van der Waals surface area contributed by atoms with Gasteiger partial charge in [0.05, 0.1) is 11.3 Å². The second kappa shape index (κ2) is 6.97. The van der Waals surface area contributed by atoms with Crippen LogP contribution in [-0.2, 0) is 21.2 Å². The van der Waals surface area contributed by atoms with E-state index in [1.54, 1.807) is 0 Å². The molecule has 0 bridgehead atoms. The fourth-order valence-electron chi connectivity index (χ4n) is 1.63. The molecule has 1 heterocycles. The lowest BCUT2D eigenvalue weighted by Gasteiger charge is -2.09. The second-order valence-electron chi connectivity index (χ2n) is 4.33. The third kappa shape index (κ3) is 4.88. The Bertz CT molecular complexity index is 769. The van der Waals surface area contributed by atoms with Crippen molar-refractivity contribution in [2.45, 2.75) is 11.3 Å². The molecule has 0 atom stereocenters. The monoisotopic (exact) mass is 355 g/mol. The Kier molecular flexibility index (Phi) is 5.24. The molecule has 0 radical (unpaired) electrons. The number of thiophene rings is 1. The Labute approximate surface area is 137 Å². The first kappa shape index (κ1) is 16.6. The smallest absolute Gasteiger partial charge is 0.238 e. The summed E-state index contributed by atoms with van der Waals surface area (Å²) in [5.41, 5.74) is 0.550. The van der Waals surface area contributed by atoms with Gasteiger partial charge in [0.1, 0.15) is 0 Å². The highest BCUT2D eigenvalue weighted by molar-refractivity contribution is 7.89. The minimum Gasteiger partial charge on any atom is -0.332 e. The number of anilines is 1. The van der Waals surface area contributed by atoms with Gasteiger partial charge in [0, 0.05) is 10.6 Å². The Hall–Kier alpha value is -1.81. The molecule has 0 saturated carbocycles. The molecule has 0 aliphatic rings. The summed E-state index contributed by atoms with van der Waals surface area (Å²) in [4.78, 5) is 12.7. The van der Waals surface area contributed by atoms with Crippen LogP contribution in [0.15, 0.2) is 46.7 Å². The molecule has 0 fully saturated rings. The Morgan fingerprint density at radius 2 is 1.91 bits per heavy atom. The zero-order valence-electron chi connectivity index (χ0n) is 11.3. The number of sulfonamides is 1. The van der Waals surface area contributed by atoms with Gasteiger partial charge in [-0.15, -0.1) is 11.3 Å². The van der Waals surface area contributed by atoms with Gasteiger partial charge in [-0.2, -0.15) is 0 Å². The maximum atomic E-state index is 11.8. The summed E-state index contributed by atoms with van der Waals surface area (Å²) in [7, 11) is -3.73.